The fourth-order valence-corrected chi connectivity index (χ4v) is 2.49. The molecule has 0 aliphatic carbocycles. The number of hydrogen-bond acceptors (Lipinski definition) is 2. The van der Waals surface area contributed by atoms with Gasteiger partial charge in [0.2, 0.25) is 0 Å². The second kappa shape index (κ2) is 7.30. The first-order valence-electron chi connectivity index (χ1n) is 6.92. The molecule has 0 saturated heterocycles. The van der Waals surface area contributed by atoms with Crippen molar-refractivity contribution >= 4 is 27.5 Å². The highest BCUT2D eigenvalue weighted by atomic mass is 79.9. The number of ether oxygens (including phenoxy) is 1. The minimum Gasteiger partial charge on any atom is -0.455 e. The van der Waals surface area contributed by atoms with Crippen LogP contribution in [0.15, 0.2) is 40.9 Å². The zero-order valence-corrected chi connectivity index (χ0v) is 14.8. The molecular formula is C17H19BrClNO. The molecule has 4 heteroatoms. The van der Waals surface area contributed by atoms with Crippen LogP contribution in [0, 0.1) is 6.92 Å². The summed E-state index contributed by atoms with van der Waals surface area (Å²) in [4.78, 5) is 0. The van der Waals surface area contributed by atoms with Gasteiger partial charge >= 0.3 is 0 Å². The number of hydrogen-bond donors (Lipinski definition) is 1. The Hall–Kier alpha value is -1.03. The van der Waals surface area contributed by atoms with Crippen LogP contribution in [0.1, 0.15) is 25.0 Å². The molecule has 2 aromatic rings. The Labute approximate surface area is 139 Å². The fraction of sp³-hybridized carbons (Fsp3) is 0.294. The molecule has 0 atom stereocenters. The lowest BCUT2D eigenvalue weighted by Crippen LogP contribution is -2.22. The monoisotopic (exact) mass is 367 g/mol. The van der Waals surface area contributed by atoms with Gasteiger partial charge in [-0.3, -0.25) is 0 Å². The van der Waals surface area contributed by atoms with Crippen LogP contribution in [0.2, 0.25) is 5.02 Å². The molecule has 0 spiro atoms. The summed E-state index contributed by atoms with van der Waals surface area (Å²) in [5.41, 5.74) is 2.12. The Bertz CT molecular complexity index is 628. The summed E-state index contributed by atoms with van der Waals surface area (Å²) in [7, 11) is 0. The molecule has 0 radical (unpaired) electrons. The Kier molecular flexibility index (Phi) is 5.68. The zero-order chi connectivity index (χ0) is 15.4. The Balaban J connectivity index is 2.32. The molecular weight excluding hydrogens is 350 g/mol. The molecule has 112 valence electrons. The van der Waals surface area contributed by atoms with E-state index in [1.807, 2.05) is 43.3 Å². The highest BCUT2D eigenvalue weighted by Gasteiger charge is 2.11. The Morgan fingerprint density at radius 2 is 2.00 bits per heavy atom. The lowest BCUT2D eigenvalue weighted by molar-refractivity contribution is 0.466. The van der Waals surface area contributed by atoms with Crippen molar-refractivity contribution in [2.45, 2.75) is 33.4 Å². The lowest BCUT2D eigenvalue weighted by atomic mass is 10.1. The van der Waals surface area contributed by atoms with Crippen LogP contribution in [0.5, 0.6) is 11.5 Å². The smallest absolute Gasteiger partial charge is 0.150 e. The summed E-state index contributed by atoms with van der Waals surface area (Å²) in [5, 5.41) is 4.02. The van der Waals surface area contributed by atoms with Crippen LogP contribution < -0.4 is 10.1 Å². The lowest BCUT2D eigenvalue weighted by Gasteiger charge is -2.16. The summed E-state index contributed by atoms with van der Waals surface area (Å²) < 4.78 is 7.07. The van der Waals surface area contributed by atoms with Crippen LogP contribution >= 0.6 is 27.5 Å². The van der Waals surface area contributed by atoms with Gasteiger partial charge in [0.15, 0.2) is 5.75 Å². The quantitative estimate of drug-likeness (QED) is 0.730. The molecule has 21 heavy (non-hydrogen) atoms. The fourth-order valence-electron chi connectivity index (χ4n) is 1.91. The Morgan fingerprint density at radius 3 is 2.71 bits per heavy atom. The van der Waals surface area contributed by atoms with Gasteiger partial charge in [0.25, 0.3) is 0 Å². The molecule has 2 nitrogen and oxygen atoms in total. The van der Waals surface area contributed by atoms with E-state index in [0.717, 1.165) is 27.9 Å². The average molecular weight is 369 g/mol. The molecule has 2 rings (SSSR count). The van der Waals surface area contributed by atoms with Crippen molar-refractivity contribution in [1.82, 2.24) is 5.32 Å². The molecule has 0 fully saturated rings. The highest BCUT2D eigenvalue weighted by Crippen LogP contribution is 2.35. The molecule has 0 amide bonds. The van der Waals surface area contributed by atoms with Crippen molar-refractivity contribution in [2.24, 2.45) is 0 Å². The van der Waals surface area contributed by atoms with E-state index < -0.39 is 0 Å². The van der Waals surface area contributed by atoms with Crippen molar-refractivity contribution < 1.29 is 4.74 Å². The summed E-state index contributed by atoms with van der Waals surface area (Å²) >= 11 is 9.79. The number of rotatable bonds is 5. The van der Waals surface area contributed by atoms with Gasteiger partial charge in [-0.25, -0.2) is 0 Å². The van der Waals surface area contributed by atoms with Crippen LogP contribution in [0.4, 0.5) is 0 Å². The van der Waals surface area contributed by atoms with Crippen molar-refractivity contribution in [3.63, 3.8) is 0 Å². The van der Waals surface area contributed by atoms with Gasteiger partial charge in [0.1, 0.15) is 5.75 Å². The van der Waals surface area contributed by atoms with E-state index in [1.54, 1.807) is 0 Å². The second-order valence-electron chi connectivity index (χ2n) is 5.28. The molecule has 0 saturated carbocycles. The topological polar surface area (TPSA) is 21.3 Å². The maximum atomic E-state index is 6.32. The number of halogens is 2. The minimum atomic E-state index is 0.407. The largest absolute Gasteiger partial charge is 0.455 e. The SMILES string of the molecule is Cc1ccc(Br)cc1Oc1c(Cl)cccc1CNC(C)C. The van der Waals surface area contributed by atoms with E-state index in [-0.39, 0.29) is 0 Å². The summed E-state index contributed by atoms with van der Waals surface area (Å²) in [6, 6.07) is 12.2. The standard InChI is InChI=1S/C17H19BrClNO/c1-11(2)20-10-13-5-4-6-15(19)17(13)21-16-9-14(18)8-7-12(16)3/h4-9,11,20H,10H2,1-3H3. The van der Waals surface area contributed by atoms with E-state index in [4.69, 9.17) is 16.3 Å². The second-order valence-corrected chi connectivity index (χ2v) is 6.60. The maximum absolute atomic E-state index is 6.32. The number of benzene rings is 2. The highest BCUT2D eigenvalue weighted by molar-refractivity contribution is 9.10. The van der Waals surface area contributed by atoms with Gasteiger partial charge in [-0.2, -0.15) is 0 Å². The molecule has 0 aliphatic rings. The summed E-state index contributed by atoms with van der Waals surface area (Å²) in [5.74, 6) is 1.52. The number of nitrogens with one attached hydrogen (secondary N) is 1. The molecule has 0 bridgehead atoms. The molecule has 1 N–H and O–H groups in total. The molecule has 0 unspecified atom stereocenters. The third-order valence-corrected chi connectivity index (χ3v) is 3.90. The van der Waals surface area contributed by atoms with Gasteiger partial charge in [0.05, 0.1) is 5.02 Å². The summed E-state index contributed by atoms with van der Waals surface area (Å²) in [6.07, 6.45) is 0. The van der Waals surface area contributed by atoms with Crippen LogP contribution in [0.3, 0.4) is 0 Å². The van der Waals surface area contributed by atoms with E-state index in [2.05, 4.69) is 35.1 Å². The normalized spacial score (nSPS) is 11.0. The molecule has 2 aromatic carbocycles. The van der Waals surface area contributed by atoms with Gasteiger partial charge in [-0.15, -0.1) is 0 Å². The first-order chi connectivity index (χ1) is 9.97. The van der Waals surface area contributed by atoms with Crippen molar-refractivity contribution in [1.29, 1.82) is 0 Å². The van der Waals surface area contributed by atoms with Gasteiger partial charge in [0, 0.05) is 22.6 Å². The third kappa shape index (κ3) is 4.47. The predicted octanol–water partition coefficient (Wildman–Crippen LogP) is 5.70. The number of aryl methyl sites for hydroxylation is 1. The van der Waals surface area contributed by atoms with Crippen LogP contribution in [-0.2, 0) is 6.54 Å². The minimum absolute atomic E-state index is 0.407. The molecule has 0 aliphatic heterocycles. The van der Waals surface area contributed by atoms with Gasteiger partial charge in [-0.1, -0.05) is 59.6 Å². The van der Waals surface area contributed by atoms with Crippen molar-refractivity contribution in [3.05, 3.63) is 57.0 Å². The van der Waals surface area contributed by atoms with E-state index in [1.165, 1.54) is 0 Å². The first kappa shape index (κ1) is 16.3. The third-order valence-electron chi connectivity index (χ3n) is 3.11. The number of para-hydroxylation sites is 1. The van der Waals surface area contributed by atoms with E-state index in [9.17, 15) is 0 Å². The molecule has 0 heterocycles. The van der Waals surface area contributed by atoms with Crippen molar-refractivity contribution in [3.8, 4) is 11.5 Å². The zero-order valence-electron chi connectivity index (χ0n) is 12.4. The summed E-state index contributed by atoms with van der Waals surface area (Å²) in [6.45, 7) is 6.97. The average Bonchev–Trinajstić information content (AvgIpc) is 2.43. The van der Waals surface area contributed by atoms with Gasteiger partial charge in [-0.05, 0) is 30.7 Å². The Morgan fingerprint density at radius 1 is 1.24 bits per heavy atom. The maximum Gasteiger partial charge on any atom is 0.150 e. The van der Waals surface area contributed by atoms with E-state index in [0.29, 0.717) is 16.8 Å². The predicted molar refractivity (Wildman–Crippen MR) is 92.4 cm³/mol. The molecule has 0 aromatic heterocycles. The first-order valence-corrected chi connectivity index (χ1v) is 8.09. The van der Waals surface area contributed by atoms with Gasteiger partial charge < -0.3 is 10.1 Å². The van der Waals surface area contributed by atoms with Crippen molar-refractivity contribution in [2.75, 3.05) is 0 Å². The van der Waals surface area contributed by atoms with Crippen LogP contribution in [0.25, 0.3) is 0 Å². The van der Waals surface area contributed by atoms with E-state index >= 15 is 0 Å². The van der Waals surface area contributed by atoms with Crippen LogP contribution in [-0.4, -0.2) is 6.04 Å².